The quantitative estimate of drug-likeness (QED) is 0.762. The molecule has 2 rings (SSSR count). The van der Waals surface area contributed by atoms with E-state index in [1.54, 1.807) is 13.2 Å². The predicted molar refractivity (Wildman–Crippen MR) is 79.4 cm³/mol. The first-order valence-corrected chi connectivity index (χ1v) is 6.75. The number of nitrogens with two attached hydrogens (primary N) is 1. The zero-order valence-electron chi connectivity index (χ0n) is 10.9. The van der Waals surface area contributed by atoms with E-state index in [9.17, 15) is 4.79 Å². The van der Waals surface area contributed by atoms with Crippen molar-refractivity contribution < 1.29 is 4.79 Å². The van der Waals surface area contributed by atoms with E-state index in [2.05, 4.69) is 15.2 Å². The minimum atomic E-state index is -0.174. The molecular weight excluding hydrogens is 260 g/mol. The lowest BCUT2D eigenvalue weighted by molar-refractivity contribution is 0.0958. The van der Waals surface area contributed by atoms with Crippen LogP contribution in [0.2, 0.25) is 0 Å². The second kappa shape index (κ2) is 5.97. The van der Waals surface area contributed by atoms with E-state index in [4.69, 9.17) is 18.0 Å². The first-order chi connectivity index (χ1) is 9.11. The highest BCUT2D eigenvalue weighted by Crippen LogP contribution is 2.31. The summed E-state index contributed by atoms with van der Waals surface area (Å²) < 4.78 is 0. The number of amides is 1. The number of aromatic nitrogens is 1. The number of hydrogen-bond acceptors (Lipinski definition) is 4. The van der Waals surface area contributed by atoms with Gasteiger partial charge in [-0.15, -0.1) is 0 Å². The average Bonchev–Trinajstić information content (AvgIpc) is 3.23. The number of rotatable bonds is 6. The van der Waals surface area contributed by atoms with Crippen molar-refractivity contribution in [2.75, 3.05) is 18.5 Å². The predicted octanol–water partition coefficient (Wildman–Crippen LogP) is 1.09. The maximum Gasteiger partial charge on any atom is 0.269 e. The number of carbonyl (C=O) groups is 1. The monoisotopic (exact) mass is 278 g/mol. The normalized spacial score (nSPS) is 13.9. The molecule has 1 aliphatic carbocycles. The van der Waals surface area contributed by atoms with E-state index in [-0.39, 0.29) is 5.91 Å². The molecule has 0 radical (unpaired) electrons. The van der Waals surface area contributed by atoms with Gasteiger partial charge in [-0.3, -0.25) is 9.78 Å². The molecule has 1 aromatic rings. The van der Waals surface area contributed by atoms with Crippen molar-refractivity contribution in [3.63, 3.8) is 0 Å². The Labute approximate surface area is 118 Å². The van der Waals surface area contributed by atoms with Gasteiger partial charge in [-0.1, -0.05) is 12.2 Å². The first kappa shape index (κ1) is 13.7. The smallest absolute Gasteiger partial charge is 0.269 e. The number of nitrogens with zero attached hydrogens (tertiary/aromatic N) is 2. The van der Waals surface area contributed by atoms with Crippen molar-refractivity contribution in [2.45, 2.75) is 25.3 Å². The summed E-state index contributed by atoms with van der Waals surface area (Å²) in [5.74, 6) is -0.174. The van der Waals surface area contributed by atoms with E-state index in [1.807, 2.05) is 12.1 Å². The number of thiocarbonyl (C=S) groups is 1. The van der Waals surface area contributed by atoms with E-state index >= 15 is 0 Å². The molecule has 102 valence electrons. The molecule has 1 heterocycles. The van der Waals surface area contributed by atoms with Crippen molar-refractivity contribution >= 4 is 28.8 Å². The number of pyridine rings is 1. The lowest BCUT2D eigenvalue weighted by Gasteiger charge is -2.24. The third-order valence-corrected chi connectivity index (χ3v) is 3.33. The minimum Gasteiger partial charge on any atom is -0.393 e. The second-order valence-electron chi connectivity index (χ2n) is 4.62. The summed E-state index contributed by atoms with van der Waals surface area (Å²) in [7, 11) is 1.60. The molecule has 6 heteroatoms. The van der Waals surface area contributed by atoms with Crippen molar-refractivity contribution in [2.24, 2.45) is 5.73 Å². The molecule has 19 heavy (non-hydrogen) atoms. The fourth-order valence-corrected chi connectivity index (χ4v) is 2.08. The van der Waals surface area contributed by atoms with E-state index in [0.29, 0.717) is 23.1 Å². The fraction of sp³-hybridized carbons (Fsp3) is 0.462. The van der Waals surface area contributed by atoms with Gasteiger partial charge < -0.3 is 16.0 Å². The Morgan fingerprint density at radius 2 is 2.37 bits per heavy atom. The largest absolute Gasteiger partial charge is 0.393 e. The van der Waals surface area contributed by atoms with Crippen LogP contribution in [0, 0.1) is 0 Å². The molecule has 1 saturated carbocycles. The van der Waals surface area contributed by atoms with Gasteiger partial charge in [-0.2, -0.15) is 0 Å². The van der Waals surface area contributed by atoms with E-state index in [1.165, 1.54) is 12.8 Å². The number of anilines is 1. The third kappa shape index (κ3) is 3.64. The van der Waals surface area contributed by atoms with Crippen LogP contribution >= 0.6 is 12.2 Å². The average molecular weight is 278 g/mol. The van der Waals surface area contributed by atoms with Gasteiger partial charge in [-0.05, 0) is 25.0 Å². The van der Waals surface area contributed by atoms with Crippen LogP contribution in [0.25, 0.3) is 0 Å². The lowest BCUT2D eigenvalue weighted by atomic mass is 10.2. The SMILES string of the molecule is CNC(=O)c1cc(N(CCC(N)=S)C2CC2)ccn1. The van der Waals surface area contributed by atoms with E-state index < -0.39 is 0 Å². The molecule has 1 aliphatic rings. The zero-order valence-corrected chi connectivity index (χ0v) is 11.7. The summed E-state index contributed by atoms with van der Waals surface area (Å²) in [6.45, 7) is 0.789. The molecular formula is C13H18N4OS. The van der Waals surface area contributed by atoms with Crippen molar-refractivity contribution in [3.8, 4) is 0 Å². The fourth-order valence-electron chi connectivity index (χ4n) is 1.99. The third-order valence-electron chi connectivity index (χ3n) is 3.12. The molecule has 0 atom stereocenters. The van der Waals surface area contributed by atoms with Crippen LogP contribution in [0.3, 0.4) is 0 Å². The molecule has 0 spiro atoms. The number of hydrogen-bond donors (Lipinski definition) is 2. The maximum atomic E-state index is 11.6. The molecule has 3 N–H and O–H groups in total. The van der Waals surface area contributed by atoms with Gasteiger partial charge in [0.2, 0.25) is 0 Å². The summed E-state index contributed by atoms with van der Waals surface area (Å²) in [5.41, 5.74) is 7.01. The lowest BCUT2D eigenvalue weighted by Crippen LogP contribution is -2.30. The van der Waals surface area contributed by atoms with Crippen molar-refractivity contribution in [1.82, 2.24) is 10.3 Å². The second-order valence-corrected chi connectivity index (χ2v) is 5.14. The van der Waals surface area contributed by atoms with Crippen LogP contribution in [0.15, 0.2) is 18.3 Å². The van der Waals surface area contributed by atoms with Gasteiger partial charge in [-0.25, -0.2) is 0 Å². The number of nitrogens with one attached hydrogen (secondary N) is 1. The molecule has 0 aromatic carbocycles. The van der Waals surface area contributed by atoms with E-state index in [0.717, 1.165) is 12.2 Å². The maximum absolute atomic E-state index is 11.6. The highest BCUT2D eigenvalue weighted by molar-refractivity contribution is 7.80. The standard InChI is InChI=1S/C13H18N4OS/c1-15-13(18)11-8-10(4-6-16-11)17(9-2-3-9)7-5-12(14)19/h4,6,8-9H,2-3,5,7H2,1H3,(H2,14,19)(H,15,18). The summed E-state index contributed by atoms with van der Waals surface area (Å²) in [6, 6.07) is 4.27. The van der Waals surface area contributed by atoms with Crippen LogP contribution in [-0.4, -0.2) is 35.5 Å². The summed E-state index contributed by atoms with van der Waals surface area (Å²) in [5, 5.41) is 2.58. The molecule has 1 fully saturated rings. The van der Waals surface area contributed by atoms with Gasteiger partial charge in [0.1, 0.15) is 5.69 Å². The molecule has 0 saturated heterocycles. The van der Waals surface area contributed by atoms with Gasteiger partial charge in [0.25, 0.3) is 5.91 Å². The van der Waals surface area contributed by atoms with Crippen LogP contribution in [0.1, 0.15) is 29.8 Å². The highest BCUT2D eigenvalue weighted by atomic mass is 32.1. The first-order valence-electron chi connectivity index (χ1n) is 6.35. The Morgan fingerprint density at radius 3 is 2.95 bits per heavy atom. The minimum absolute atomic E-state index is 0.174. The summed E-state index contributed by atoms with van der Waals surface area (Å²) in [6.07, 6.45) is 4.70. The van der Waals surface area contributed by atoms with Gasteiger partial charge >= 0.3 is 0 Å². The van der Waals surface area contributed by atoms with Gasteiger partial charge in [0, 0.05) is 37.9 Å². The highest BCUT2D eigenvalue weighted by Gasteiger charge is 2.29. The van der Waals surface area contributed by atoms with Crippen molar-refractivity contribution in [1.29, 1.82) is 0 Å². The van der Waals surface area contributed by atoms with Crippen LogP contribution in [-0.2, 0) is 0 Å². The van der Waals surface area contributed by atoms with Gasteiger partial charge in [0.05, 0.1) is 4.99 Å². The Hall–Kier alpha value is -1.69. The summed E-state index contributed by atoms with van der Waals surface area (Å²) in [4.78, 5) is 18.5. The zero-order chi connectivity index (χ0) is 13.8. The van der Waals surface area contributed by atoms with Crippen LogP contribution in [0.5, 0.6) is 0 Å². The summed E-state index contributed by atoms with van der Waals surface area (Å²) >= 11 is 4.93. The molecule has 0 bridgehead atoms. The Kier molecular flexibility index (Phi) is 4.31. The molecule has 5 nitrogen and oxygen atoms in total. The molecule has 1 aromatic heterocycles. The Morgan fingerprint density at radius 1 is 1.63 bits per heavy atom. The van der Waals surface area contributed by atoms with Gasteiger partial charge in [0.15, 0.2) is 0 Å². The Balaban J connectivity index is 2.16. The van der Waals surface area contributed by atoms with Crippen LogP contribution in [0.4, 0.5) is 5.69 Å². The molecule has 0 unspecified atom stereocenters. The molecule has 0 aliphatic heterocycles. The number of carbonyl (C=O) groups excluding carboxylic acids is 1. The Bertz CT molecular complexity index is 487. The van der Waals surface area contributed by atoms with Crippen LogP contribution < -0.4 is 16.0 Å². The topological polar surface area (TPSA) is 71.2 Å². The van der Waals surface area contributed by atoms with Crippen molar-refractivity contribution in [3.05, 3.63) is 24.0 Å². The molecule has 1 amide bonds.